The minimum Gasteiger partial charge on any atom is -0.460 e. The number of esters is 1. The van der Waals surface area contributed by atoms with Gasteiger partial charge < -0.3 is 47.9 Å². The van der Waals surface area contributed by atoms with Crippen molar-refractivity contribution in [2.24, 2.45) is 35.5 Å². The van der Waals surface area contributed by atoms with Crippen LogP contribution in [0.2, 0.25) is 0 Å². The highest BCUT2D eigenvalue weighted by atomic mass is 16.6. The van der Waals surface area contributed by atoms with Crippen LogP contribution in [-0.4, -0.2) is 178 Å². The molecule has 3 saturated heterocycles. The smallest absolute Gasteiger partial charge is 0.329 e. The van der Waals surface area contributed by atoms with E-state index >= 15 is 0 Å². The molecule has 5 rings (SSSR count). The normalized spacial score (nSPS) is 38.7. The molecule has 0 aromatic rings. The number of hydrogen-bond donors (Lipinski definition) is 1. The highest BCUT2D eigenvalue weighted by Crippen LogP contribution is 2.39. The third kappa shape index (κ3) is 18.5. The zero-order chi connectivity index (χ0) is 58.0. The molecule has 4 heterocycles. The van der Waals surface area contributed by atoms with E-state index in [0.717, 1.165) is 57.5 Å². The van der Waals surface area contributed by atoms with Gasteiger partial charge >= 0.3 is 5.97 Å². The number of Topliss-reactive ketones (excluding diaryl/α,β-unsaturated/α-hetero) is 3. The van der Waals surface area contributed by atoms with E-state index in [0.29, 0.717) is 76.8 Å². The molecule has 4 fully saturated rings. The second kappa shape index (κ2) is 31.8. The fourth-order valence-corrected chi connectivity index (χ4v) is 12.7. The zero-order valence-electron chi connectivity index (χ0n) is 50.5. The van der Waals surface area contributed by atoms with Crippen molar-refractivity contribution >= 4 is 29.2 Å². The summed E-state index contributed by atoms with van der Waals surface area (Å²) in [6.07, 6.45) is 16.2. The van der Waals surface area contributed by atoms with E-state index in [9.17, 15) is 29.1 Å². The average molecular weight is 1110 g/mol. The maximum Gasteiger partial charge on any atom is 0.329 e. The number of aliphatic hydroxyl groups is 1. The summed E-state index contributed by atoms with van der Waals surface area (Å²) in [6.45, 7) is 23.8. The molecule has 0 aromatic carbocycles. The number of rotatable bonds is 14. The molecular weight excluding hydrogens is 1010 g/mol. The predicted octanol–water partition coefficient (Wildman–Crippen LogP) is 8.79. The van der Waals surface area contributed by atoms with Gasteiger partial charge in [-0.1, -0.05) is 71.1 Å². The van der Waals surface area contributed by atoms with E-state index < -0.39 is 65.1 Å². The molecule has 1 saturated carbocycles. The SMILES string of the molecule is COCCO[C@H]1C[C@@H]2CC[C@@H](C)[C@@](C)(O2)C(=O)C(=O)N2CCCCC2C(=O)O[C@H]([C@H](C)C[C@@H]2CC[C@@H](OCCCN3CCO[C@H](C)C3)[C@H](OC)C2)CC(=O)[C@H](C)/C=C(\C)[C@@H](O)[C@](C)(OC)C(=O)[C@H](C)C[C@H](C)/C=C/C=C/C=C/1C. The number of amides is 1. The van der Waals surface area contributed by atoms with Crippen molar-refractivity contribution in [2.75, 3.05) is 73.9 Å². The van der Waals surface area contributed by atoms with Crippen LogP contribution >= 0.6 is 0 Å². The number of fused-ring (bicyclic) bond motifs is 3. The number of aliphatic hydroxyl groups excluding tert-OH is 1. The second-order valence-corrected chi connectivity index (χ2v) is 24.4. The number of carbonyl (C=O) groups excluding carboxylic acids is 5. The number of methoxy groups -OCH3 is 3. The third-order valence-corrected chi connectivity index (χ3v) is 18.1. The fourth-order valence-electron chi connectivity index (χ4n) is 12.7. The minimum atomic E-state index is -1.60. The summed E-state index contributed by atoms with van der Waals surface area (Å²) in [5.74, 6) is -4.17. The Morgan fingerprint density at radius 3 is 2.29 bits per heavy atom. The van der Waals surface area contributed by atoms with Crippen LogP contribution in [0.25, 0.3) is 0 Å². The lowest BCUT2D eigenvalue weighted by Gasteiger charge is -2.44. The summed E-state index contributed by atoms with van der Waals surface area (Å²) in [4.78, 5) is 76.7. The van der Waals surface area contributed by atoms with Crippen molar-refractivity contribution in [3.8, 4) is 0 Å². The first kappa shape index (κ1) is 66.4. The van der Waals surface area contributed by atoms with Crippen LogP contribution in [0, 0.1) is 35.5 Å². The van der Waals surface area contributed by atoms with Gasteiger partial charge in [0, 0.05) is 78.8 Å². The lowest BCUT2D eigenvalue weighted by atomic mass is 9.78. The van der Waals surface area contributed by atoms with Gasteiger partial charge in [0.15, 0.2) is 11.4 Å². The molecule has 1 aliphatic carbocycles. The first-order chi connectivity index (χ1) is 37.6. The van der Waals surface area contributed by atoms with Crippen LogP contribution in [0.15, 0.2) is 47.6 Å². The molecule has 2 bridgehead atoms. The summed E-state index contributed by atoms with van der Waals surface area (Å²) in [7, 11) is 4.75. The third-order valence-electron chi connectivity index (χ3n) is 18.1. The number of ether oxygens (including phenoxy) is 8. The van der Waals surface area contributed by atoms with Crippen molar-refractivity contribution in [1.82, 2.24) is 9.80 Å². The Kier molecular flexibility index (Phi) is 26.7. The Hall–Kier alpha value is -3.45. The van der Waals surface area contributed by atoms with Crippen LogP contribution < -0.4 is 0 Å². The van der Waals surface area contributed by atoms with Crippen molar-refractivity contribution < 1.29 is 67.0 Å². The predicted molar refractivity (Wildman–Crippen MR) is 304 cm³/mol. The molecule has 5 aliphatic rings. The van der Waals surface area contributed by atoms with Crippen molar-refractivity contribution in [3.05, 3.63) is 47.6 Å². The molecule has 0 aromatic heterocycles. The van der Waals surface area contributed by atoms with Crippen LogP contribution in [0.4, 0.5) is 0 Å². The van der Waals surface area contributed by atoms with Gasteiger partial charge in [-0.3, -0.25) is 24.1 Å². The monoisotopic (exact) mass is 1110 g/mol. The largest absolute Gasteiger partial charge is 0.460 e. The number of carbonyl (C=O) groups is 5. The Balaban J connectivity index is 1.43. The quantitative estimate of drug-likeness (QED) is 0.0752. The summed E-state index contributed by atoms with van der Waals surface area (Å²) in [6, 6.07) is -1.04. The van der Waals surface area contributed by atoms with Gasteiger partial charge in [0.25, 0.3) is 11.7 Å². The maximum absolute atomic E-state index is 14.8. The van der Waals surface area contributed by atoms with Gasteiger partial charge in [-0.05, 0) is 140 Å². The number of ketones is 3. The Bertz CT molecular complexity index is 2110. The molecule has 0 spiro atoms. The number of nitrogens with zero attached hydrogens (tertiary/aromatic N) is 2. The summed E-state index contributed by atoms with van der Waals surface area (Å²) in [5.41, 5.74) is -1.71. The topological polar surface area (TPSA) is 186 Å². The number of piperidine rings is 1. The van der Waals surface area contributed by atoms with Gasteiger partial charge in [-0.2, -0.15) is 0 Å². The van der Waals surface area contributed by atoms with E-state index in [-0.39, 0.29) is 72.6 Å². The van der Waals surface area contributed by atoms with Crippen molar-refractivity contribution in [2.45, 2.75) is 213 Å². The van der Waals surface area contributed by atoms with Gasteiger partial charge in [0.2, 0.25) is 0 Å². The van der Waals surface area contributed by atoms with Gasteiger partial charge in [0.1, 0.15) is 29.6 Å². The van der Waals surface area contributed by atoms with E-state index in [2.05, 4.69) is 11.8 Å². The average Bonchev–Trinajstić information content (AvgIpc) is 3.44. The summed E-state index contributed by atoms with van der Waals surface area (Å²) < 4.78 is 48.9. The molecule has 16 nitrogen and oxygen atoms in total. The first-order valence-electron chi connectivity index (χ1n) is 29.9. The van der Waals surface area contributed by atoms with E-state index in [4.69, 9.17) is 37.9 Å². The standard InChI is InChI=1S/C63H102N2O14/c1-41-20-15-14-16-21-42(2)54(77-33-32-72-11)38-50-25-23-47(7)62(9,79-50)59(69)60(70)65-28-18-17-22-51(65)61(71)78-55(39-52(66)43(3)35-46(6)58(68)63(10,74-13)57(67)45(5)34-41)44(4)36-49-24-26-53(56(37-49)73-12)76-30-19-27-64-29-31-75-48(8)40-64/h14-16,20-21,35,41,43-45,47-51,53-56,58,68H,17-19,22-34,36-40H2,1-13H3/b16-14+,20-15+,42-21+,46-35+/t41-,43-,44-,45-,47-,48-,49+,50+,51?,53-,54+,55+,56-,58-,62-,63-/m1/s1. The lowest BCUT2D eigenvalue weighted by molar-refractivity contribution is -0.185. The molecule has 16 atom stereocenters. The summed E-state index contributed by atoms with van der Waals surface area (Å²) >= 11 is 0. The van der Waals surface area contributed by atoms with Crippen molar-refractivity contribution in [3.63, 3.8) is 0 Å². The minimum absolute atomic E-state index is 0.0119. The van der Waals surface area contributed by atoms with Crippen LogP contribution in [0.1, 0.15) is 153 Å². The molecule has 0 radical (unpaired) electrons. The molecule has 4 aliphatic heterocycles. The van der Waals surface area contributed by atoms with Gasteiger partial charge in [-0.15, -0.1) is 0 Å². The number of morpholine rings is 1. The molecule has 1 N–H and O–H groups in total. The molecule has 448 valence electrons. The molecule has 1 unspecified atom stereocenters. The molecular formula is C63H102N2O14. The van der Waals surface area contributed by atoms with Gasteiger partial charge in [-0.25, -0.2) is 4.79 Å². The van der Waals surface area contributed by atoms with Crippen LogP contribution in [-0.2, 0) is 61.9 Å². The maximum atomic E-state index is 14.8. The van der Waals surface area contributed by atoms with E-state index in [1.165, 1.54) is 12.0 Å². The van der Waals surface area contributed by atoms with E-state index in [1.807, 2.05) is 65.0 Å². The Labute approximate surface area is 474 Å². The zero-order valence-corrected chi connectivity index (χ0v) is 50.5. The number of cyclic esters (lactones) is 1. The molecule has 1 amide bonds. The highest BCUT2D eigenvalue weighted by molar-refractivity contribution is 6.39. The van der Waals surface area contributed by atoms with Crippen LogP contribution in [0.5, 0.6) is 0 Å². The lowest BCUT2D eigenvalue weighted by Crippen LogP contribution is -2.59. The van der Waals surface area contributed by atoms with Gasteiger partial charge in [0.05, 0.1) is 50.3 Å². The molecule has 16 heteroatoms. The second-order valence-electron chi connectivity index (χ2n) is 24.4. The highest BCUT2D eigenvalue weighted by Gasteiger charge is 2.51. The fraction of sp³-hybridized carbons (Fsp3) is 0.794. The van der Waals surface area contributed by atoms with Crippen LogP contribution in [0.3, 0.4) is 0 Å². The Morgan fingerprint density at radius 1 is 0.823 bits per heavy atom. The molecule has 79 heavy (non-hydrogen) atoms. The number of hydrogen-bond acceptors (Lipinski definition) is 15. The number of allylic oxidation sites excluding steroid dienone is 6. The summed E-state index contributed by atoms with van der Waals surface area (Å²) in [5, 5.41) is 11.9. The first-order valence-corrected chi connectivity index (χ1v) is 29.9. The Morgan fingerprint density at radius 2 is 1.58 bits per heavy atom. The van der Waals surface area contributed by atoms with E-state index in [1.54, 1.807) is 48.0 Å². The van der Waals surface area contributed by atoms with Crippen molar-refractivity contribution in [1.29, 1.82) is 0 Å².